The van der Waals surface area contributed by atoms with Crippen LogP contribution in [0.4, 0.5) is 5.82 Å². The minimum Gasteiger partial charge on any atom is -0.393 e. The van der Waals surface area contributed by atoms with Crippen molar-refractivity contribution in [2.24, 2.45) is 0 Å². The van der Waals surface area contributed by atoms with Gasteiger partial charge in [-0.05, 0) is 26.0 Å². The Bertz CT molecular complexity index is 1150. The predicted molar refractivity (Wildman–Crippen MR) is 111 cm³/mol. The molecule has 0 radical (unpaired) electrons. The van der Waals surface area contributed by atoms with Crippen LogP contribution in [0.1, 0.15) is 30.4 Å². The summed E-state index contributed by atoms with van der Waals surface area (Å²) in [6.07, 6.45) is 0.708. The van der Waals surface area contributed by atoms with Gasteiger partial charge in [-0.3, -0.25) is 9.36 Å². The Morgan fingerprint density at radius 3 is 2.56 bits per heavy atom. The molecule has 2 aliphatic heterocycles. The molecular weight excluding hydrogens is 418 g/mol. The third kappa shape index (κ3) is 3.26. The summed E-state index contributed by atoms with van der Waals surface area (Å²) < 4.78 is 19.7. The first-order valence-electron chi connectivity index (χ1n) is 10.2. The van der Waals surface area contributed by atoms with Gasteiger partial charge in [-0.25, -0.2) is 15.0 Å². The summed E-state index contributed by atoms with van der Waals surface area (Å²) in [5, 5.41) is 22.8. The Kier molecular flexibility index (Phi) is 4.95. The number of benzene rings is 1. The third-order valence-electron chi connectivity index (χ3n) is 5.72. The highest BCUT2D eigenvalue weighted by Crippen LogP contribution is 2.48. The van der Waals surface area contributed by atoms with E-state index in [0.717, 1.165) is 0 Å². The summed E-state index contributed by atoms with van der Waals surface area (Å²) in [7, 11) is 0. The number of aliphatic hydroxyl groups excluding tert-OH is 2. The molecule has 3 atom stereocenters. The van der Waals surface area contributed by atoms with E-state index >= 15 is 0 Å². The quantitative estimate of drug-likeness (QED) is 0.525. The van der Waals surface area contributed by atoms with Gasteiger partial charge in [0.05, 0.1) is 19.5 Å². The number of imidazole rings is 1. The largest absolute Gasteiger partial charge is 0.393 e. The molecule has 2 aliphatic rings. The smallest absolute Gasteiger partial charge is 0.256 e. The third-order valence-corrected chi connectivity index (χ3v) is 5.72. The maximum Gasteiger partial charge on any atom is 0.256 e. The van der Waals surface area contributed by atoms with Gasteiger partial charge in [0.2, 0.25) is 0 Å². The predicted octanol–water partition coefficient (Wildman–Crippen LogP) is 0.851. The fourth-order valence-corrected chi connectivity index (χ4v) is 4.20. The Morgan fingerprint density at radius 2 is 1.84 bits per heavy atom. The number of fused-ring (bicyclic) bond motifs is 2. The Labute approximate surface area is 183 Å². The Balaban J connectivity index is 1.50. The number of ether oxygens (including phenoxy) is 3. The highest BCUT2D eigenvalue weighted by Gasteiger charge is 2.63. The summed E-state index contributed by atoms with van der Waals surface area (Å²) in [5.74, 6) is -1.00. The molecule has 0 bridgehead atoms. The first-order chi connectivity index (χ1) is 15.4. The van der Waals surface area contributed by atoms with Gasteiger partial charge in [-0.15, -0.1) is 0 Å². The van der Waals surface area contributed by atoms with Gasteiger partial charge in [-0.2, -0.15) is 0 Å². The molecule has 3 N–H and O–H groups in total. The van der Waals surface area contributed by atoms with Crippen molar-refractivity contribution in [2.75, 3.05) is 18.5 Å². The zero-order chi connectivity index (χ0) is 22.5. The summed E-state index contributed by atoms with van der Waals surface area (Å²) >= 11 is 0. The van der Waals surface area contributed by atoms with Crippen LogP contribution in [0.2, 0.25) is 0 Å². The van der Waals surface area contributed by atoms with Gasteiger partial charge in [0, 0.05) is 5.56 Å². The minimum absolute atomic E-state index is 0.247. The van der Waals surface area contributed by atoms with E-state index in [1.54, 1.807) is 42.7 Å². The van der Waals surface area contributed by atoms with Crippen molar-refractivity contribution in [1.82, 2.24) is 19.5 Å². The van der Waals surface area contributed by atoms with Crippen LogP contribution in [0, 0.1) is 0 Å². The summed E-state index contributed by atoms with van der Waals surface area (Å²) in [4.78, 5) is 25.4. The molecule has 1 unspecified atom stereocenters. The molecule has 0 aliphatic carbocycles. The van der Waals surface area contributed by atoms with Crippen molar-refractivity contribution in [3.8, 4) is 0 Å². The molecule has 3 aromatic rings. The number of aromatic nitrogens is 4. The first-order valence-corrected chi connectivity index (χ1v) is 10.2. The fraction of sp³-hybridized carbons (Fsp3) is 0.429. The molecule has 2 saturated heterocycles. The lowest BCUT2D eigenvalue weighted by molar-refractivity contribution is -0.233. The van der Waals surface area contributed by atoms with Crippen LogP contribution in [0.3, 0.4) is 0 Å². The van der Waals surface area contributed by atoms with Crippen molar-refractivity contribution < 1.29 is 29.2 Å². The monoisotopic (exact) mass is 441 g/mol. The van der Waals surface area contributed by atoms with Gasteiger partial charge >= 0.3 is 0 Å². The number of hydrogen-bond acceptors (Lipinski definition) is 9. The number of carbonyl (C=O) groups excluding carboxylic acids is 1. The minimum atomic E-state index is -1.35. The second-order valence-electron chi connectivity index (χ2n) is 8.28. The summed E-state index contributed by atoms with van der Waals surface area (Å²) in [5.41, 5.74) is -0.111. The molecule has 4 heterocycles. The molecule has 5 rings (SSSR count). The highest BCUT2D eigenvalue weighted by atomic mass is 16.8. The number of rotatable bonds is 5. The average molecular weight is 441 g/mol. The van der Waals surface area contributed by atoms with E-state index in [0.29, 0.717) is 16.7 Å². The van der Waals surface area contributed by atoms with Crippen molar-refractivity contribution in [1.29, 1.82) is 0 Å². The van der Waals surface area contributed by atoms with Gasteiger partial charge < -0.3 is 29.7 Å². The molecular formula is C21H23N5O6. The molecule has 2 aromatic heterocycles. The van der Waals surface area contributed by atoms with E-state index in [4.69, 9.17) is 14.2 Å². The highest BCUT2D eigenvalue weighted by molar-refractivity contribution is 6.06. The van der Waals surface area contributed by atoms with Gasteiger partial charge in [0.1, 0.15) is 24.1 Å². The molecule has 168 valence electrons. The Morgan fingerprint density at radius 1 is 1.09 bits per heavy atom. The molecule has 1 aromatic carbocycles. The topological polar surface area (TPSA) is 141 Å². The van der Waals surface area contributed by atoms with Gasteiger partial charge in [0.25, 0.3) is 5.91 Å². The molecule has 0 saturated carbocycles. The van der Waals surface area contributed by atoms with Crippen LogP contribution in [0.5, 0.6) is 0 Å². The van der Waals surface area contributed by atoms with Crippen LogP contribution in [0.25, 0.3) is 11.2 Å². The summed E-state index contributed by atoms with van der Waals surface area (Å²) in [6, 6.07) is 8.76. The lowest BCUT2D eigenvalue weighted by atomic mass is 9.97. The molecule has 0 spiro atoms. The van der Waals surface area contributed by atoms with Crippen molar-refractivity contribution in [2.45, 2.75) is 43.7 Å². The molecule has 32 heavy (non-hydrogen) atoms. The van der Waals surface area contributed by atoms with Crippen LogP contribution < -0.4 is 5.32 Å². The lowest BCUT2D eigenvalue weighted by Gasteiger charge is -2.31. The molecule has 11 heteroatoms. The SMILES string of the molecule is CC1(C)O[C@H]2C(n3cnc4c(NC(=O)c5ccccc5)ncnc43)OC(CO)(CO)[C@H]2O1. The zero-order valence-electron chi connectivity index (χ0n) is 17.5. The van der Waals surface area contributed by atoms with Crippen molar-refractivity contribution >= 4 is 22.9 Å². The van der Waals surface area contributed by atoms with Gasteiger partial charge in [-0.1, -0.05) is 18.2 Å². The number of amides is 1. The zero-order valence-corrected chi connectivity index (χ0v) is 17.5. The second-order valence-corrected chi connectivity index (χ2v) is 8.28. The van der Waals surface area contributed by atoms with E-state index < -0.39 is 43.0 Å². The average Bonchev–Trinajstić information content (AvgIpc) is 3.44. The lowest BCUT2D eigenvalue weighted by Crippen LogP contribution is -2.49. The molecule has 11 nitrogen and oxygen atoms in total. The number of carbonyl (C=O) groups is 1. The second kappa shape index (κ2) is 7.57. The normalized spacial score (nSPS) is 25.7. The molecule has 1 amide bonds. The Hall–Kier alpha value is -2.96. The maximum atomic E-state index is 12.6. The number of aliphatic hydroxyl groups is 2. The van der Waals surface area contributed by atoms with Crippen LogP contribution in [-0.4, -0.2) is 72.4 Å². The van der Waals surface area contributed by atoms with E-state index in [9.17, 15) is 15.0 Å². The number of anilines is 1. The standard InChI is InChI=1S/C21H23N5O6/c1-20(2)30-14-15(31-20)21(8-27,9-28)32-19(14)26-11-24-13-16(22-10-23-17(13)26)25-18(29)12-6-4-3-5-7-12/h3-7,10-11,14-15,19,27-28H,8-9H2,1-2H3,(H,22,23,25,29)/t14-,15+,19?/m1/s1. The maximum absolute atomic E-state index is 12.6. The number of nitrogens with zero attached hydrogens (tertiary/aromatic N) is 4. The number of nitrogens with one attached hydrogen (secondary N) is 1. The molecule has 2 fully saturated rings. The van der Waals surface area contributed by atoms with Gasteiger partial charge in [0.15, 0.2) is 29.0 Å². The van der Waals surface area contributed by atoms with Crippen molar-refractivity contribution in [3.05, 3.63) is 48.5 Å². The first kappa shape index (κ1) is 20.9. The number of hydrogen-bond donors (Lipinski definition) is 3. The van der Waals surface area contributed by atoms with Crippen LogP contribution in [-0.2, 0) is 14.2 Å². The fourth-order valence-electron chi connectivity index (χ4n) is 4.20. The van der Waals surface area contributed by atoms with E-state index in [-0.39, 0.29) is 11.7 Å². The van der Waals surface area contributed by atoms with E-state index in [1.165, 1.54) is 12.7 Å². The van der Waals surface area contributed by atoms with Crippen LogP contribution >= 0.6 is 0 Å². The summed E-state index contributed by atoms with van der Waals surface area (Å²) in [6.45, 7) is 2.60. The van der Waals surface area contributed by atoms with E-state index in [1.807, 2.05) is 6.07 Å². The van der Waals surface area contributed by atoms with Crippen molar-refractivity contribution in [3.63, 3.8) is 0 Å². The van der Waals surface area contributed by atoms with Crippen LogP contribution in [0.15, 0.2) is 43.0 Å². The van der Waals surface area contributed by atoms with E-state index in [2.05, 4.69) is 20.3 Å².